The summed E-state index contributed by atoms with van der Waals surface area (Å²) >= 11 is 0. The average molecular weight is 467 g/mol. The Kier molecular flexibility index (Phi) is 8.28. The van der Waals surface area contributed by atoms with Gasteiger partial charge in [0.1, 0.15) is 41.7 Å². The predicted octanol–water partition coefficient (Wildman–Crippen LogP) is 1.26. The van der Waals surface area contributed by atoms with Crippen molar-refractivity contribution in [3.05, 3.63) is 58.9 Å². The molecule has 0 saturated carbocycles. The molecule has 1 aliphatic rings. The average Bonchev–Trinajstić information content (AvgIpc) is 2.76. The highest BCUT2D eigenvalue weighted by atomic mass is 19.1. The van der Waals surface area contributed by atoms with Gasteiger partial charge in [-0.15, -0.1) is 0 Å². The zero-order valence-corrected chi connectivity index (χ0v) is 18.8. The first kappa shape index (κ1) is 25.4. The lowest BCUT2D eigenvalue weighted by atomic mass is 9.96. The van der Waals surface area contributed by atoms with Gasteiger partial charge in [0.15, 0.2) is 0 Å². The summed E-state index contributed by atoms with van der Waals surface area (Å²) in [5, 5.41) is 49.9. The van der Waals surface area contributed by atoms with E-state index in [0.717, 1.165) is 5.56 Å². The fraction of sp³-hybridized carbons (Fsp3) is 0.500. The Labute approximate surface area is 191 Å². The zero-order valence-electron chi connectivity index (χ0n) is 18.8. The van der Waals surface area contributed by atoms with Gasteiger partial charge in [0.2, 0.25) is 6.29 Å². The Morgan fingerprint density at radius 3 is 2.21 bits per heavy atom. The van der Waals surface area contributed by atoms with Gasteiger partial charge in [-0.1, -0.05) is 12.1 Å². The highest BCUT2D eigenvalue weighted by Gasteiger charge is 2.46. The van der Waals surface area contributed by atoms with Crippen LogP contribution in [0.4, 0.5) is 4.39 Å². The number of hydrogen-bond acceptors (Lipinski definition) is 8. The number of aliphatic hydroxyl groups excluding tert-OH is 5. The van der Waals surface area contributed by atoms with Gasteiger partial charge in [-0.25, -0.2) is 4.39 Å². The predicted molar refractivity (Wildman–Crippen MR) is 116 cm³/mol. The molecule has 0 spiro atoms. The lowest BCUT2D eigenvalue weighted by Gasteiger charge is -2.41. The van der Waals surface area contributed by atoms with Crippen LogP contribution in [-0.2, 0) is 17.8 Å². The number of rotatable bonds is 8. The van der Waals surface area contributed by atoms with Crippen LogP contribution in [-0.4, -0.2) is 68.4 Å². The first-order valence-electron chi connectivity index (χ1n) is 10.8. The molecule has 1 heterocycles. The molecule has 1 fully saturated rings. The Morgan fingerprint density at radius 1 is 0.970 bits per heavy atom. The van der Waals surface area contributed by atoms with E-state index < -0.39 is 49.2 Å². The molecule has 0 bridgehead atoms. The number of benzene rings is 2. The van der Waals surface area contributed by atoms with Crippen molar-refractivity contribution in [1.29, 1.82) is 0 Å². The van der Waals surface area contributed by atoms with Gasteiger partial charge in [-0.2, -0.15) is 0 Å². The second kappa shape index (κ2) is 10.8. The molecule has 5 N–H and O–H groups in total. The van der Waals surface area contributed by atoms with Gasteiger partial charge in [-0.05, 0) is 56.2 Å². The maximum Gasteiger partial charge on any atom is 0.229 e. The van der Waals surface area contributed by atoms with Crippen molar-refractivity contribution in [1.82, 2.24) is 0 Å². The molecule has 33 heavy (non-hydrogen) atoms. The standard InChI is InChI=1S/C24H31FO8/c1-12(2)31-16-6-4-14(5-7-16)8-17-18(25)9-15(11-26)10-19(17)32-24-22(30)20(28)21(29)23(33-24)13(3)27/h4-7,9-10,12-13,20-24,26-30H,8,11H2,1-3H3/t13-,20+,21+,22-,23-,24-/m1/s1. The minimum Gasteiger partial charge on any atom is -0.491 e. The van der Waals surface area contributed by atoms with E-state index in [4.69, 9.17) is 14.2 Å². The monoisotopic (exact) mass is 466 g/mol. The largest absolute Gasteiger partial charge is 0.491 e. The molecule has 9 heteroatoms. The molecule has 0 aromatic heterocycles. The molecule has 1 saturated heterocycles. The summed E-state index contributed by atoms with van der Waals surface area (Å²) in [7, 11) is 0. The summed E-state index contributed by atoms with van der Waals surface area (Å²) < 4.78 is 31.8. The number of ether oxygens (including phenoxy) is 3. The van der Waals surface area contributed by atoms with Crippen molar-refractivity contribution in [2.75, 3.05) is 0 Å². The number of aliphatic hydroxyl groups is 5. The van der Waals surface area contributed by atoms with E-state index in [0.29, 0.717) is 5.75 Å². The Morgan fingerprint density at radius 2 is 1.64 bits per heavy atom. The van der Waals surface area contributed by atoms with Crippen LogP contribution in [0.15, 0.2) is 36.4 Å². The molecule has 0 radical (unpaired) electrons. The maximum absolute atomic E-state index is 15.0. The smallest absolute Gasteiger partial charge is 0.229 e. The summed E-state index contributed by atoms with van der Waals surface area (Å²) in [5.74, 6) is 0.0484. The summed E-state index contributed by atoms with van der Waals surface area (Å²) in [6.07, 6.45) is -8.58. The SMILES string of the molecule is CC(C)Oc1ccc(Cc2c(F)cc(CO)cc2O[C@@H]2O[C@H]([C@@H](C)O)[C@@H](O)[C@H](O)[C@H]2O)cc1. The summed E-state index contributed by atoms with van der Waals surface area (Å²) in [6.45, 7) is 4.74. The van der Waals surface area contributed by atoms with Crippen molar-refractivity contribution < 1.29 is 44.1 Å². The molecule has 0 aliphatic carbocycles. The van der Waals surface area contributed by atoms with E-state index in [9.17, 15) is 29.9 Å². The van der Waals surface area contributed by atoms with Crippen LogP contribution in [0, 0.1) is 5.82 Å². The molecule has 182 valence electrons. The van der Waals surface area contributed by atoms with Crippen LogP contribution >= 0.6 is 0 Å². The van der Waals surface area contributed by atoms with Gasteiger partial charge in [0, 0.05) is 12.0 Å². The van der Waals surface area contributed by atoms with Crippen molar-refractivity contribution in [2.24, 2.45) is 0 Å². The summed E-state index contributed by atoms with van der Waals surface area (Å²) in [4.78, 5) is 0. The quantitative estimate of drug-likeness (QED) is 0.393. The van der Waals surface area contributed by atoms with E-state index in [1.807, 2.05) is 13.8 Å². The van der Waals surface area contributed by atoms with Gasteiger partial charge >= 0.3 is 0 Å². The van der Waals surface area contributed by atoms with Gasteiger partial charge in [0.25, 0.3) is 0 Å². The van der Waals surface area contributed by atoms with Crippen molar-refractivity contribution in [3.8, 4) is 11.5 Å². The van der Waals surface area contributed by atoms with Crippen LogP contribution in [0.5, 0.6) is 11.5 Å². The van der Waals surface area contributed by atoms with Crippen LogP contribution in [0.25, 0.3) is 0 Å². The molecule has 6 atom stereocenters. The van der Waals surface area contributed by atoms with Crippen LogP contribution in [0.3, 0.4) is 0 Å². The number of halogens is 1. The molecule has 8 nitrogen and oxygen atoms in total. The Hall–Kier alpha value is -2.27. The molecule has 2 aromatic carbocycles. The van der Waals surface area contributed by atoms with Crippen molar-refractivity contribution >= 4 is 0 Å². The highest BCUT2D eigenvalue weighted by Crippen LogP contribution is 2.32. The molecular formula is C24H31FO8. The fourth-order valence-electron chi connectivity index (χ4n) is 3.69. The highest BCUT2D eigenvalue weighted by molar-refractivity contribution is 5.42. The third-order valence-electron chi connectivity index (χ3n) is 5.40. The Balaban J connectivity index is 1.89. The van der Waals surface area contributed by atoms with Gasteiger partial charge < -0.3 is 39.7 Å². The van der Waals surface area contributed by atoms with Crippen molar-refractivity contribution in [3.63, 3.8) is 0 Å². The molecule has 2 aromatic rings. The van der Waals surface area contributed by atoms with Crippen molar-refractivity contribution in [2.45, 2.75) is 76.7 Å². The lowest BCUT2D eigenvalue weighted by molar-refractivity contribution is -0.286. The van der Waals surface area contributed by atoms with Gasteiger partial charge in [-0.3, -0.25) is 0 Å². The van der Waals surface area contributed by atoms with Gasteiger partial charge in [0.05, 0.1) is 18.8 Å². The minimum atomic E-state index is -1.66. The minimum absolute atomic E-state index is 0.00135. The molecule has 0 unspecified atom stereocenters. The first-order chi connectivity index (χ1) is 15.6. The van der Waals surface area contributed by atoms with E-state index in [1.165, 1.54) is 19.1 Å². The van der Waals surface area contributed by atoms with E-state index >= 15 is 0 Å². The first-order valence-corrected chi connectivity index (χ1v) is 10.8. The van der Waals surface area contributed by atoms with Crippen LogP contribution < -0.4 is 9.47 Å². The maximum atomic E-state index is 15.0. The lowest BCUT2D eigenvalue weighted by Crippen LogP contribution is -2.61. The second-order valence-corrected chi connectivity index (χ2v) is 8.50. The third kappa shape index (κ3) is 6.00. The normalized spacial score (nSPS) is 26.3. The third-order valence-corrected chi connectivity index (χ3v) is 5.40. The molecule has 0 amide bonds. The summed E-state index contributed by atoms with van der Waals surface area (Å²) in [6, 6.07) is 9.73. The fourth-order valence-corrected chi connectivity index (χ4v) is 3.69. The Bertz CT molecular complexity index is 917. The number of hydrogen-bond donors (Lipinski definition) is 5. The molecule has 3 rings (SSSR count). The van der Waals surface area contributed by atoms with Crippen LogP contribution in [0.1, 0.15) is 37.5 Å². The second-order valence-electron chi connectivity index (χ2n) is 8.50. The molecule has 1 aliphatic heterocycles. The zero-order chi connectivity index (χ0) is 24.3. The molecular weight excluding hydrogens is 435 g/mol. The summed E-state index contributed by atoms with van der Waals surface area (Å²) in [5.41, 5.74) is 1.15. The van der Waals surface area contributed by atoms with Crippen LogP contribution in [0.2, 0.25) is 0 Å². The topological polar surface area (TPSA) is 129 Å². The van der Waals surface area contributed by atoms with E-state index in [-0.39, 0.29) is 29.4 Å². The van der Waals surface area contributed by atoms with E-state index in [2.05, 4.69) is 0 Å². The van der Waals surface area contributed by atoms with E-state index in [1.54, 1.807) is 24.3 Å².